The second-order valence-electron chi connectivity index (χ2n) is 26.4. The lowest BCUT2D eigenvalue weighted by Gasteiger charge is -2.45. The number of carbonyl (C=O) groups excluding carboxylic acids is 2. The van der Waals surface area contributed by atoms with Crippen LogP contribution in [0.1, 0.15) is 61.0 Å². The minimum absolute atomic E-state index is 0.0379. The molecule has 10 heterocycles. The van der Waals surface area contributed by atoms with Crippen molar-refractivity contribution in [1.82, 2.24) is 50.6 Å². The first-order valence-electron chi connectivity index (χ1n) is 33.7. The minimum Gasteiger partial charge on any atom is -0.461 e. The van der Waals surface area contributed by atoms with E-state index < -0.39 is 185 Å². The zero-order valence-corrected chi connectivity index (χ0v) is 54.8. The second-order valence-corrected chi connectivity index (χ2v) is 26.4. The van der Waals surface area contributed by atoms with Gasteiger partial charge in [0.15, 0.2) is 25.2 Å². The number of aliphatic hydroxyl groups excluding tert-OH is 14. The van der Waals surface area contributed by atoms with Gasteiger partial charge in [0.25, 0.3) is 0 Å². The third-order valence-corrected chi connectivity index (χ3v) is 19.3. The third kappa shape index (κ3) is 17.0. The van der Waals surface area contributed by atoms with Crippen LogP contribution in [0.15, 0.2) is 48.8 Å². The molecule has 38 heteroatoms. The number of nitrogens with zero attached hydrogens (tertiary/aromatic N) is 6. The lowest BCUT2D eigenvalue weighted by Crippen LogP contribution is -2.64. The molecule has 6 fully saturated rings. The van der Waals surface area contributed by atoms with Crippen LogP contribution >= 0.6 is 0 Å². The molecule has 102 heavy (non-hydrogen) atoms. The summed E-state index contributed by atoms with van der Waals surface area (Å²) >= 11 is 0. The first-order chi connectivity index (χ1) is 49.1. The molecule has 6 aliphatic rings. The molecule has 6 saturated heterocycles. The van der Waals surface area contributed by atoms with E-state index in [1.54, 1.807) is 24.5 Å². The molecule has 0 bridgehead atoms. The first-order valence-corrected chi connectivity index (χ1v) is 33.7. The fourth-order valence-corrected chi connectivity index (χ4v) is 13.9. The molecule has 24 atom stereocenters. The van der Waals surface area contributed by atoms with Gasteiger partial charge < -0.3 is 139 Å². The van der Waals surface area contributed by atoms with Gasteiger partial charge in [0.2, 0.25) is 0 Å². The van der Waals surface area contributed by atoms with Crippen LogP contribution in [0.2, 0.25) is 0 Å². The molecule has 0 aliphatic carbocycles. The minimum atomic E-state index is -1.82. The molecule has 36 nitrogen and oxygen atoms in total. The van der Waals surface area contributed by atoms with Crippen LogP contribution in [0.3, 0.4) is 0 Å². The quantitative estimate of drug-likeness (QED) is 0.0195. The van der Waals surface area contributed by atoms with Crippen molar-refractivity contribution in [2.24, 2.45) is 0 Å². The number of hydrogen-bond acceptors (Lipinski definition) is 32. The Labute approximate surface area is 578 Å². The average Bonchev–Trinajstić information content (AvgIpc) is 1.57. The van der Waals surface area contributed by atoms with Gasteiger partial charge in [0, 0.05) is 85.8 Å². The molecular weight excluding hydrogens is 1360 g/mol. The molecule has 2 aromatic carbocycles. The van der Waals surface area contributed by atoms with Crippen molar-refractivity contribution in [2.75, 3.05) is 39.5 Å². The predicted molar refractivity (Wildman–Crippen MR) is 336 cm³/mol. The molecule has 12 rings (SSSR count). The number of carbonyl (C=O) groups is 2. The highest BCUT2D eigenvalue weighted by Gasteiger charge is 2.53. The van der Waals surface area contributed by atoms with E-state index in [2.05, 4.69) is 41.2 Å². The van der Waals surface area contributed by atoms with Gasteiger partial charge in [-0.3, -0.25) is 19.0 Å². The maximum absolute atomic E-state index is 14.9. The van der Waals surface area contributed by atoms with Crippen molar-refractivity contribution in [3.8, 4) is 11.4 Å². The van der Waals surface area contributed by atoms with E-state index in [9.17, 15) is 89.9 Å². The van der Waals surface area contributed by atoms with Crippen LogP contribution in [-0.2, 0) is 96.1 Å². The molecule has 6 aliphatic heterocycles. The zero-order valence-electron chi connectivity index (χ0n) is 54.8. The summed E-state index contributed by atoms with van der Waals surface area (Å²) in [6.45, 7) is -2.27. The van der Waals surface area contributed by atoms with E-state index in [0.717, 1.165) is 21.9 Å². The number of halogens is 2. The number of aliphatic hydroxyl groups is 14. The summed E-state index contributed by atoms with van der Waals surface area (Å²) in [7, 11) is 0. The number of fused-ring (bicyclic) bond motifs is 2. The van der Waals surface area contributed by atoms with Gasteiger partial charge in [-0.05, 0) is 73.2 Å². The molecular formula is C64H86F2N10O26. The Kier molecular flexibility index (Phi) is 24.7. The van der Waals surface area contributed by atoms with Crippen molar-refractivity contribution >= 4 is 33.7 Å². The van der Waals surface area contributed by atoms with Crippen LogP contribution in [0.4, 0.5) is 8.78 Å². The molecule has 0 amide bonds. The lowest BCUT2D eigenvalue weighted by atomic mass is 9.95. The number of aromatic amines is 2. The number of hydrogen-bond donors (Lipinski definition) is 18. The van der Waals surface area contributed by atoms with Gasteiger partial charge in [-0.2, -0.15) is 0 Å². The van der Waals surface area contributed by atoms with E-state index in [1.165, 1.54) is 33.6 Å². The Bertz CT molecular complexity index is 3520. The standard InChI is InChI=1S/C64H86F2N10O26/c65-27-5-7-35-37(15-29-13-33(17-67-29)95-45(81)3-1-9-75-19-31(71-73-75)25-93-61-57(91)53(87)59(43(23-79)99-61)101-63-55(89)51(85)49(83)41(21-77)97-63)47(69-39(35)11-27)48-38(36-8-6-28(66)12-40(36)70-48)16-30-14-34(18-68-30)96-46(82)4-2-10-76-20-32(72-74-76)26-94-62-58(92)54(88)60(44(24-80)100-62)102-64-56(90)52(86)50(84)42(22-78)98-64/h5-8,11-12,19-20,29-30,33-34,41-44,49-64,67-70,77-80,83-92H,1-4,9-10,13-18,21-26H2/t29-,30-,33-,34-,41?,42?,43?,44?,49-,50-,51?,52?,53?,54?,55-,56-,57-,58-,59+,60+,61+,62+,63-,64-/m0/s1. The van der Waals surface area contributed by atoms with Crippen molar-refractivity contribution in [3.63, 3.8) is 0 Å². The number of rotatable bonds is 29. The van der Waals surface area contributed by atoms with Crippen LogP contribution in [0.5, 0.6) is 0 Å². The van der Waals surface area contributed by atoms with Crippen molar-refractivity contribution in [3.05, 3.63) is 82.9 Å². The number of aryl methyl sites for hydroxylation is 2. The zero-order chi connectivity index (χ0) is 72.2. The maximum Gasteiger partial charge on any atom is 0.306 e. The number of nitrogens with one attached hydrogen (secondary N) is 4. The fraction of sp³-hybridized carbons (Fsp3) is 0.656. The molecule has 8 unspecified atom stereocenters. The monoisotopic (exact) mass is 1450 g/mol. The first kappa shape index (κ1) is 75.3. The predicted octanol–water partition coefficient (Wildman–Crippen LogP) is -5.35. The summed E-state index contributed by atoms with van der Waals surface area (Å²) in [5.41, 5.74) is 4.67. The summed E-state index contributed by atoms with van der Waals surface area (Å²) < 4.78 is 89.3. The van der Waals surface area contributed by atoms with Gasteiger partial charge in [-0.15, -0.1) is 10.2 Å². The largest absolute Gasteiger partial charge is 0.461 e. The van der Waals surface area contributed by atoms with Crippen LogP contribution in [0, 0.1) is 11.6 Å². The van der Waals surface area contributed by atoms with Crippen molar-refractivity contribution < 1.29 is 137 Å². The molecule has 4 aromatic heterocycles. The SMILES string of the molecule is O=C(CCCn1cc(CO[C@@H]2OC(CO)[C@@H](O[C@@H]3OC(CO)[C@H](O)C(O)[C@@H]3O)C(O)[C@@H]2O)nn1)O[C@@H]1CN[C@H](Cc2c(-c3[nH]c4cc(F)ccc4c3C[C@@H]3C[C@H](OC(=O)CCCn4cc(CO[C@@H]5OC(CO)[C@@H](O[C@@H]6OC(CO)[C@H](O)C(O)[C@@H]6O)C(O)[C@@H]5O)nn4)CN3)[nH]c3cc(F)ccc23)C1. The second kappa shape index (κ2) is 33.4. The topological polar surface area (TPSA) is 527 Å². The van der Waals surface area contributed by atoms with E-state index in [4.69, 9.17) is 47.4 Å². The van der Waals surface area contributed by atoms with Crippen LogP contribution in [0.25, 0.3) is 33.2 Å². The fourth-order valence-electron chi connectivity index (χ4n) is 13.9. The van der Waals surface area contributed by atoms with Crippen molar-refractivity contribution in [1.29, 1.82) is 0 Å². The number of H-pyrrole nitrogens is 2. The highest BCUT2D eigenvalue weighted by atomic mass is 19.1. The van der Waals surface area contributed by atoms with Crippen LogP contribution in [-0.4, -0.2) is 310 Å². The number of ether oxygens (including phenoxy) is 10. The Morgan fingerprint density at radius 3 is 1.27 bits per heavy atom. The van der Waals surface area contributed by atoms with Crippen LogP contribution < -0.4 is 10.6 Å². The summed E-state index contributed by atoms with van der Waals surface area (Å²) in [5, 5.41) is 169. The summed E-state index contributed by atoms with van der Waals surface area (Å²) in [6.07, 6.45) is -27.7. The normalized spacial score (nSPS) is 34.5. The highest BCUT2D eigenvalue weighted by molar-refractivity contribution is 5.96. The molecule has 0 radical (unpaired) electrons. The van der Waals surface area contributed by atoms with Gasteiger partial charge in [-0.1, -0.05) is 10.4 Å². The molecule has 0 spiro atoms. The summed E-state index contributed by atoms with van der Waals surface area (Å²) in [5.74, 6) is -1.79. The third-order valence-electron chi connectivity index (χ3n) is 19.3. The Hall–Kier alpha value is -6.36. The van der Waals surface area contributed by atoms with E-state index in [0.29, 0.717) is 85.4 Å². The lowest BCUT2D eigenvalue weighted by molar-refractivity contribution is -0.360. The van der Waals surface area contributed by atoms with Gasteiger partial charge in [-0.25, -0.2) is 8.78 Å². The van der Waals surface area contributed by atoms with Crippen molar-refractivity contribution in [2.45, 2.75) is 225 Å². The molecule has 0 saturated carbocycles. The molecule has 562 valence electrons. The number of benzene rings is 2. The number of aromatic nitrogens is 8. The van der Waals surface area contributed by atoms with Gasteiger partial charge in [0.05, 0.1) is 63.4 Å². The smallest absolute Gasteiger partial charge is 0.306 e. The Morgan fingerprint density at radius 2 is 0.882 bits per heavy atom. The van der Waals surface area contributed by atoms with E-state index in [-0.39, 0.29) is 51.2 Å². The van der Waals surface area contributed by atoms with Gasteiger partial charge in [0.1, 0.15) is 133 Å². The Morgan fingerprint density at radius 1 is 0.500 bits per heavy atom. The molecule has 18 N–H and O–H groups in total. The maximum atomic E-state index is 14.9. The summed E-state index contributed by atoms with van der Waals surface area (Å²) in [4.78, 5) is 33.4. The highest BCUT2D eigenvalue weighted by Crippen LogP contribution is 2.40. The molecule has 6 aromatic rings. The average molecular weight is 1450 g/mol. The number of esters is 2. The van der Waals surface area contributed by atoms with E-state index in [1.807, 2.05) is 0 Å². The van der Waals surface area contributed by atoms with Gasteiger partial charge >= 0.3 is 11.9 Å². The summed E-state index contributed by atoms with van der Waals surface area (Å²) in [6, 6.07) is 8.60. The Balaban J connectivity index is 0.591. The van der Waals surface area contributed by atoms with E-state index >= 15 is 0 Å².